The van der Waals surface area contributed by atoms with E-state index in [1.54, 1.807) is 0 Å². The summed E-state index contributed by atoms with van der Waals surface area (Å²) in [6.07, 6.45) is 6.46. The Morgan fingerprint density at radius 2 is 1.73 bits per heavy atom. The average Bonchev–Trinajstić information content (AvgIpc) is 2.86. The summed E-state index contributed by atoms with van der Waals surface area (Å²) in [4.78, 5) is 7.38. The molecule has 3 aromatic rings. The molecule has 168 valence electrons. The lowest BCUT2D eigenvalue weighted by Gasteiger charge is -2.31. The minimum atomic E-state index is 0.257. The smallest absolute Gasteiger partial charge is 0.148 e. The molecule has 0 saturated carbocycles. The first-order valence-electron chi connectivity index (χ1n) is 11.7. The zero-order valence-corrected chi connectivity index (χ0v) is 19.8. The van der Waals surface area contributed by atoms with E-state index in [1.807, 2.05) is 6.07 Å². The Balaban J connectivity index is 1.60. The highest BCUT2D eigenvalue weighted by molar-refractivity contribution is 6.17. The Hall–Kier alpha value is -3.51. The predicted octanol–water partition coefficient (Wildman–Crippen LogP) is 6.63. The number of rotatable bonds is 8. The van der Waals surface area contributed by atoms with Crippen molar-refractivity contribution in [3.8, 4) is 18.1 Å². The third kappa shape index (κ3) is 5.29. The topological polar surface area (TPSA) is 24.8 Å². The van der Waals surface area contributed by atoms with E-state index in [0.717, 1.165) is 35.6 Å². The molecule has 3 nitrogen and oxygen atoms in total. The molecule has 1 aliphatic heterocycles. The number of aliphatic imine (C=N–C) groups is 1. The van der Waals surface area contributed by atoms with Gasteiger partial charge in [-0.15, -0.1) is 6.42 Å². The number of benzene rings is 3. The van der Waals surface area contributed by atoms with E-state index in [0.29, 0.717) is 18.5 Å². The molecule has 0 fully saturated rings. The van der Waals surface area contributed by atoms with Gasteiger partial charge in [-0.25, -0.2) is 0 Å². The molecule has 3 heteroatoms. The number of ether oxygens (including phenoxy) is 1. The molecule has 0 aromatic heterocycles. The molecule has 4 rings (SSSR count). The zero-order valence-electron chi connectivity index (χ0n) is 19.8. The van der Waals surface area contributed by atoms with Crippen molar-refractivity contribution < 1.29 is 4.74 Å². The molecule has 0 radical (unpaired) electrons. The average molecular weight is 437 g/mol. The zero-order chi connectivity index (χ0) is 23.2. The van der Waals surface area contributed by atoms with Crippen LogP contribution in [0, 0.1) is 12.3 Å². The highest BCUT2D eigenvalue weighted by Gasteiger charge is 2.23. The van der Waals surface area contributed by atoms with Gasteiger partial charge in [0.25, 0.3) is 0 Å². The molecule has 0 saturated heterocycles. The van der Waals surface area contributed by atoms with Crippen molar-refractivity contribution in [1.82, 2.24) is 0 Å². The maximum atomic E-state index is 5.74. The molecule has 0 amide bonds. The van der Waals surface area contributed by atoms with Gasteiger partial charge >= 0.3 is 0 Å². The van der Waals surface area contributed by atoms with Gasteiger partial charge in [-0.3, -0.25) is 4.99 Å². The summed E-state index contributed by atoms with van der Waals surface area (Å²) >= 11 is 0. The van der Waals surface area contributed by atoms with Crippen LogP contribution < -0.4 is 9.64 Å². The van der Waals surface area contributed by atoms with Crippen LogP contribution in [0.3, 0.4) is 0 Å². The van der Waals surface area contributed by atoms with Crippen LogP contribution in [-0.2, 0) is 0 Å². The third-order valence-corrected chi connectivity index (χ3v) is 6.34. The van der Waals surface area contributed by atoms with Crippen LogP contribution in [-0.4, -0.2) is 25.5 Å². The first kappa shape index (κ1) is 22.7. The Morgan fingerprint density at radius 3 is 2.42 bits per heavy atom. The van der Waals surface area contributed by atoms with Gasteiger partial charge in [-0.2, -0.15) is 0 Å². The van der Waals surface area contributed by atoms with E-state index in [2.05, 4.69) is 98.3 Å². The van der Waals surface area contributed by atoms with Crippen LogP contribution >= 0.6 is 0 Å². The SMILES string of the molecule is C#CCOc1ccc2c(c1)C(c1ccc(C(C)C)cc1)=NCN2CCC(C)c1ccccc1. The summed E-state index contributed by atoms with van der Waals surface area (Å²) < 4.78 is 5.74. The fourth-order valence-corrected chi connectivity index (χ4v) is 4.27. The lowest BCUT2D eigenvalue weighted by molar-refractivity contribution is 0.370. The van der Waals surface area contributed by atoms with Gasteiger partial charge in [-0.1, -0.05) is 81.3 Å². The minimum Gasteiger partial charge on any atom is -0.481 e. The van der Waals surface area contributed by atoms with Crippen LogP contribution in [0.25, 0.3) is 0 Å². The van der Waals surface area contributed by atoms with Gasteiger partial charge in [0, 0.05) is 23.4 Å². The van der Waals surface area contributed by atoms with E-state index in [-0.39, 0.29) is 6.61 Å². The normalized spacial score (nSPS) is 13.8. The molecular weight excluding hydrogens is 404 g/mol. The second-order valence-corrected chi connectivity index (χ2v) is 8.96. The van der Waals surface area contributed by atoms with Gasteiger partial charge in [0.2, 0.25) is 0 Å². The molecule has 3 aromatic carbocycles. The molecule has 0 spiro atoms. The summed E-state index contributed by atoms with van der Waals surface area (Å²) in [5, 5.41) is 0. The Kier molecular flexibility index (Phi) is 7.15. The van der Waals surface area contributed by atoms with Crippen LogP contribution in [0.15, 0.2) is 77.8 Å². The molecule has 1 atom stereocenters. The van der Waals surface area contributed by atoms with Gasteiger partial charge in [-0.05, 0) is 47.6 Å². The Labute approximate surface area is 198 Å². The van der Waals surface area contributed by atoms with Crippen molar-refractivity contribution in [2.45, 2.75) is 39.0 Å². The van der Waals surface area contributed by atoms with Gasteiger partial charge < -0.3 is 9.64 Å². The molecule has 0 bridgehead atoms. The molecule has 1 unspecified atom stereocenters. The summed E-state index contributed by atoms with van der Waals surface area (Å²) in [5.74, 6) is 4.32. The fourth-order valence-electron chi connectivity index (χ4n) is 4.27. The molecule has 1 heterocycles. The lowest BCUT2D eigenvalue weighted by atomic mass is 9.94. The van der Waals surface area contributed by atoms with Crippen molar-refractivity contribution in [3.05, 3.63) is 95.1 Å². The van der Waals surface area contributed by atoms with Crippen molar-refractivity contribution in [3.63, 3.8) is 0 Å². The number of hydrogen-bond acceptors (Lipinski definition) is 3. The van der Waals surface area contributed by atoms with Gasteiger partial charge in [0.15, 0.2) is 0 Å². The van der Waals surface area contributed by atoms with E-state index in [4.69, 9.17) is 16.2 Å². The van der Waals surface area contributed by atoms with Crippen LogP contribution in [0.1, 0.15) is 61.3 Å². The van der Waals surface area contributed by atoms with Crippen LogP contribution in [0.5, 0.6) is 5.75 Å². The minimum absolute atomic E-state index is 0.257. The molecule has 0 N–H and O–H groups in total. The van der Waals surface area contributed by atoms with Gasteiger partial charge in [0.1, 0.15) is 19.0 Å². The number of fused-ring (bicyclic) bond motifs is 1. The first-order chi connectivity index (χ1) is 16.1. The van der Waals surface area contributed by atoms with E-state index >= 15 is 0 Å². The number of anilines is 1. The van der Waals surface area contributed by atoms with E-state index < -0.39 is 0 Å². The fraction of sp³-hybridized carbons (Fsp3) is 0.300. The summed E-state index contributed by atoms with van der Waals surface area (Å²) in [5.41, 5.74) is 7.15. The second-order valence-electron chi connectivity index (χ2n) is 8.96. The monoisotopic (exact) mass is 436 g/mol. The second kappa shape index (κ2) is 10.4. The van der Waals surface area contributed by atoms with Crippen LogP contribution in [0.2, 0.25) is 0 Å². The van der Waals surface area contributed by atoms with Crippen molar-refractivity contribution in [2.75, 3.05) is 24.7 Å². The maximum absolute atomic E-state index is 5.74. The Bertz CT molecular complexity index is 1140. The highest BCUT2D eigenvalue weighted by atomic mass is 16.5. The Morgan fingerprint density at radius 1 is 0.970 bits per heavy atom. The van der Waals surface area contributed by atoms with E-state index in [9.17, 15) is 0 Å². The van der Waals surface area contributed by atoms with Crippen molar-refractivity contribution in [2.24, 2.45) is 4.99 Å². The van der Waals surface area contributed by atoms with E-state index in [1.165, 1.54) is 16.8 Å². The molecule has 33 heavy (non-hydrogen) atoms. The van der Waals surface area contributed by atoms with Crippen molar-refractivity contribution >= 4 is 11.4 Å². The number of terminal acetylenes is 1. The number of nitrogens with zero attached hydrogens (tertiary/aromatic N) is 2. The van der Waals surface area contributed by atoms with Crippen molar-refractivity contribution in [1.29, 1.82) is 0 Å². The summed E-state index contributed by atoms with van der Waals surface area (Å²) in [7, 11) is 0. The van der Waals surface area contributed by atoms with Gasteiger partial charge in [0.05, 0.1) is 5.71 Å². The standard InChI is InChI=1S/C30H32N2O/c1-5-19-33-27-15-16-29-28(20-27)30(26-13-11-24(12-14-26)22(2)3)31-21-32(29)18-17-23(4)25-9-7-6-8-10-25/h1,6-16,20,22-23H,17-19,21H2,2-4H3. The summed E-state index contributed by atoms with van der Waals surface area (Å²) in [6.45, 7) is 8.57. The lowest BCUT2D eigenvalue weighted by Crippen LogP contribution is -2.31. The predicted molar refractivity (Wildman–Crippen MR) is 139 cm³/mol. The molecule has 1 aliphatic rings. The largest absolute Gasteiger partial charge is 0.481 e. The first-order valence-corrected chi connectivity index (χ1v) is 11.7. The maximum Gasteiger partial charge on any atom is 0.148 e. The molecule has 0 aliphatic carbocycles. The number of hydrogen-bond donors (Lipinski definition) is 0. The molecular formula is C30H32N2O. The third-order valence-electron chi connectivity index (χ3n) is 6.34. The highest BCUT2D eigenvalue weighted by Crippen LogP contribution is 2.33. The summed E-state index contributed by atoms with van der Waals surface area (Å²) in [6, 6.07) is 25.7. The van der Waals surface area contributed by atoms with Crippen LogP contribution in [0.4, 0.5) is 5.69 Å². The quantitative estimate of drug-likeness (QED) is 0.370.